The first-order chi connectivity index (χ1) is 6.72. The first kappa shape index (κ1) is 9.15. The third-order valence-electron chi connectivity index (χ3n) is 2.06. The highest BCUT2D eigenvalue weighted by atomic mass is 35.5. The lowest BCUT2D eigenvalue weighted by Gasteiger charge is -2.00. The zero-order valence-corrected chi connectivity index (χ0v) is 8.34. The Balaban J connectivity index is 2.61. The van der Waals surface area contributed by atoms with Crippen molar-refractivity contribution in [3.05, 3.63) is 28.7 Å². The normalized spacial score (nSPS) is 10.7. The smallest absolute Gasteiger partial charge is 0.408 e. The molecule has 0 saturated carbocycles. The molecule has 0 aliphatic rings. The van der Waals surface area contributed by atoms with Crippen molar-refractivity contribution in [3.63, 3.8) is 0 Å². The maximum atomic E-state index is 11.2. The summed E-state index contributed by atoms with van der Waals surface area (Å²) >= 11 is 5.52. The molecule has 0 bridgehead atoms. The van der Waals surface area contributed by atoms with Crippen LogP contribution in [0.3, 0.4) is 0 Å². The van der Waals surface area contributed by atoms with Crippen molar-refractivity contribution < 1.29 is 4.42 Å². The molecule has 0 amide bonds. The van der Waals surface area contributed by atoms with Crippen LogP contribution in [0.4, 0.5) is 5.69 Å². The highest BCUT2D eigenvalue weighted by Gasteiger charge is 2.05. The van der Waals surface area contributed by atoms with Gasteiger partial charge in [0, 0.05) is 18.8 Å². The predicted octanol–water partition coefficient (Wildman–Crippen LogP) is 1.74. The van der Waals surface area contributed by atoms with E-state index in [1.54, 1.807) is 13.1 Å². The van der Waals surface area contributed by atoms with Crippen LogP contribution in [-0.2, 0) is 7.05 Å². The van der Waals surface area contributed by atoms with Crippen molar-refractivity contribution in [2.75, 3.05) is 11.3 Å². The molecule has 4 nitrogen and oxygen atoms in total. The fourth-order valence-electron chi connectivity index (χ4n) is 1.32. The molecule has 2 aromatic rings. The Morgan fingerprint density at radius 1 is 1.57 bits per heavy atom. The van der Waals surface area contributed by atoms with Gasteiger partial charge in [0.25, 0.3) is 0 Å². The van der Waals surface area contributed by atoms with Crippen LogP contribution in [0.15, 0.2) is 27.4 Å². The van der Waals surface area contributed by atoms with E-state index < -0.39 is 0 Å². The minimum Gasteiger partial charge on any atom is -0.408 e. The summed E-state index contributed by atoms with van der Waals surface area (Å²) in [5.74, 6) is -0.358. The molecule has 5 heteroatoms. The number of alkyl halides is 1. The maximum absolute atomic E-state index is 11.2. The largest absolute Gasteiger partial charge is 0.419 e. The van der Waals surface area contributed by atoms with Crippen molar-refractivity contribution >= 4 is 28.4 Å². The Morgan fingerprint density at radius 3 is 3.07 bits per heavy atom. The van der Waals surface area contributed by atoms with Crippen molar-refractivity contribution in [1.29, 1.82) is 0 Å². The zero-order chi connectivity index (χ0) is 10.1. The molecule has 2 rings (SSSR count). The van der Waals surface area contributed by atoms with Gasteiger partial charge in [-0.15, -0.1) is 11.6 Å². The molecule has 0 fully saturated rings. The Kier molecular flexibility index (Phi) is 2.21. The molecule has 1 aromatic carbocycles. The van der Waals surface area contributed by atoms with Crippen LogP contribution in [0.1, 0.15) is 0 Å². The van der Waals surface area contributed by atoms with Gasteiger partial charge in [0.05, 0.1) is 11.5 Å². The van der Waals surface area contributed by atoms with E-state index in [9.17, 15) is 4.79 Å². The number of oxazole rings is 1. The van der Waals surface area contributed by atoms with E-state index in [1.165, 1.54) is 4.57 Å². The van der Waals surface area contributed by atoms with E-state index in [2.05, 4.69) is 5.32 Å². The van der Waals surface area contributed by atoms with Gasteiger partial charge in [-0.25, -0.2) is 4.79 Å². The Hall–Kier alpha value is -1.42. The van der Waals surface area contributed by atoms with Crippen molar-refractivity contribution in [1.82, 2.24) is 4.57 Å². The van der Waals surface area contributed by atoms with Gasteiger partial charge in [0.2, 0.25) is 0 Å². The van der Waals surface area contributed by atoms with Crippen molar-refractivity contribution in [2.45, 2.75) is 0 Å². The van der Waals surface area contributed by atoms with Crippen LogP contribution >= 0.6 is 11.6 Å². The molecule has 74 valence electrons. The van der Waals surface area contributed by atoms with Crippen LogP contribution in [0.25, 0.3) is 11.1 Å². The van der Waals surface area contributed by atoms with E-state index >= 15 is 0 Å². The summed E-state index contributed by atoms with van der Waals surface area (Å²) in [4.78, 5) is 11.2. The summed E-state index contributed by atoms with van der Waals surface area (Å²) in [5, 5.41) is 2.92. The quantitative estimate of drug-likeness (QED) is 0.609. The molecule has 1 aromatic heterocycles. The summed E-state index contributed by atoms with van der Waals surface area (Å²) in [7, 11) is 1.67. The number of aromatic nitrogens is 1. The molecule has 14 heavy (non-hydrogen) atoms. The Morgan fingerprint density at radius 2 is 2.36 bits per heavy atom. The molecular weight excluding hydrogens is 204 g/mol. The lowest BCUT2D eigenvalue weighted by molar-refractivity contribution is 0.528. The van der Waals surface area contributed by atoms with E-state index in [1.807, 2.05) is 12.1 Å². The number of hydrogen-bond donors (Lipinski definition) is 1. The van der Waals surface area contributed by atoms with E-state index in [-0.39, 0.29) is 5.76 Å². The molecule has 0 saturated heterocycles. The third kappa shape index (κ3) is 1.37. The molecule has 0 aliphatic carbocycles. The number of nitrogens with one attached hydrogen (secondary N) is 1. The van der Waals surface area contributed by atoms with Gasteiger partial charge in [0.15, 0.2) is 5.58 Å². The second kappa shape index (κ2) is 3.38. The monoisotopic (exact) mass is 212 g/mol. The van der Waals surface area contributed by atoms with Crippen LogP contribution in [0.2, 0.25) is 0 Å². The molecular formula is C9H9ClN2O2. The lowest BCUT2D eigenvalue weighted by atomic mass is 10.3. The molecule has 0 spiro atoms. The van der Waals surface area contributed by atoms with Crippen LogP contribution in [0, 0.1) is 0 Å². The number of halogens is 1. The van der Waals surface area contributed by atoms with Gasteiger partial charge in [-0.3, -0.25) is 4.57 Å². The van der Waals surface area contributed by atoms with Gasteiger partial charge in [-0.1, -0.05) is 0 Å². The third-order valence-corrected chi connectivity index (χ3v) is 2.20. The summed E-state index contributed by atoms with van der Waals surface area (Å²) < 4.78 is 6.47. The second-order valence-corrected chi connectivity index (χ2v) is 3.19. The predicted molar refractivity (Wildman–Crippen MR) is 55.8 cm³/mol. The minimum absolute atomic E-state index is 0.322. The first-order valence-corrected chi connectivity index (χ1v) is 4.65. The summed E-state index contributed by atoms with van der Waals surface area (Å²) in [5.41, 5.74) is 2.17. The molecule has 0 aliphatic heterocycles. The van der Waals surface area contributed by atoms with Crippen LogP contribution < -0.4 is 11.1 Å². The second-order valence-electron chi connectivity index (χ2n) is 2.92. The van der Waals surface area contributed by atoms with E-state index in [0.717, 1.165) is 11.2 Å². The minimum atomic E-state index is -0.358. The van der Waals surface area contributed by atoms with Gasteiger partial charge in [-0.2, -0.15) is 0 Å². The average Bonchev–Trinajstić information content (AvgIpc) is 2.43. The van der Waals surface area contributed by atoms with Crippen LogP contribution in [0.5, 0.6) is 0 Å². The first-order valence-electron chi connectivity index (χ1n) is 4.12. The molecule has 0 atom stereocenters. The highest BCUT2D eigenvalue weighted by Crippen LogP contribution is 2.17. The van der Waals surface area contributed by atoms with Crippen molar-refractivity contribution in [2.24, 2.45) is 7.05 Å². The molecule has 1 N–H and O–H groups in total. The van der Waals surface area contributed by atoms with Gasteiger partial charge in [0.1, 0.15) is 0 Å². The SMILES string of the molecule is Cn1c(=O)oc2cc(NCCl)ccc21. The van der Waals surface area contributed by atoms with Gasteiger partial charge in [-0.05, 0) is 12.1 Å². The molecule has 0 unspecified atom stereocenters. The van der Waals surface area contributed by atoms with E-state index in [0.29, 0.717) is 11.6 Å². The van der Waals surface area contributed by atoms with Crippen LogP contribution in [-0.4, -0.2) is 10.6 Å². The standard InChI is InChI=1S/C9H9ClN2O2/c1-12-7-3-2-6(11-5-10)4-8(7)14-9(12)13/h2-4,11H,5H2,1H3. The number of rotatable bonds is 2. The fourth-order valence-corrected chi connectivity index (χ4v) is 1.48. The number of benzene rings is 1. The zero-order valence-electron chi connectivity index (χ0n) is 7.58. The number of aryl methyl sites for hydroxylation is 1. The Labute approximate surface area is 85.1 Å². The summed E-state index contributed by atoms with van der Waals surface area (Å²) in [6.45, 7) is 0. The topological polar surface area (TPSA) is 47.2 Å². The van der Waals surface area contributed by atoms with E-state index in [4.69, 9.17) is 16.0 Å². The lowest BCUT2D eigenvalue weighted by Crippen LogP contribution is -2.08. The number of anilines is 1. The number of hydrogen-bond acceptors (Lipinski definition) is 3. The average molecular weight is 213 g/mol. The Bertz CT molecular complexity index is 515. The van der Waals surface area contributed by atoms with Crippen molar-refractivity contribution in [3.8, 4) is 0 Å². The fraction of sp³-hybridized carbons (Fsp3) is 0.222. The molecule has 1 heterocycles. The number of nitrogens with zero attached hydrogens (tertiary/aromatic N) is 1. The summed E-state index contributed by atoms with van der Waals surface area (Å²) in [6, 6.07) is 5.73. The highest BCUT2D eigenvalue weighted by molar-refractivity contribution is 6.18. The maximum Gasteiger partial charge on any atom is 0.419 e. The van der Waals surface area contributed by atoms with Gasteiger partial charge < -0.3 is 9.73 Å². The number of fused-ring (bicyclic) bond motifs is 1. The summed E-state index contributed by atoms with van der Waals surface area (Å²) in [6.07, 6.45) is 0. The van der Waals surface area contributed by atoms with Gasteiger partial charge >= 0.3 is 5.76 Å². The molecule has 0 radical (unpaired) electrons.